The SMILES string of the molecule is COc1ccc(CNC(=O)Cn2nnc(-c3ccc(OC)c(OC)c3)n2)cc1. The van der Waals surface area contributed by atoms with Crippen LogP contribution >= 0.6 is 0 Å². The van der Waals surface area contributed by atoms with Gasteiger partial charge in [0.05, 0.1) is 21.3 Å². The van der Waals surface area contributed by atoms with Crippen molar-refractivity contribution in [3.63, 3.8) is 0 Å². The van der Waals surface area contributed by atoms with E-state index >= 15 is 0 Å². The van der Waals surface area contributed by atoms with E-state index in [0.717, 1.165) is 11.3 Å². The van der Waals surface area contributed by atoms with Crippen molar-refractivity contribution in [2.45, 2.75) is 13.1 Å². The number of hydrogen-bond acceptors (Lipinski definition) is 7. The second-order valence-electron chi connectivity index (χ2n) is 5.84. The molecule has 1 amide bonds. The van der Waals surface area contributed by atoms with E-state index < -0.39 is 0 Å². The van der Waals surface area contributed by atoms with Gasteiger partial charge in [0.1, 0.15) is 12.3 Å². The molecule has 0 fully saturated rings. The van der Waals surface area contributed by atoms with Crippen LogP contribution in [0.2, 0.25) is 0 Å². The molecule has 0 aliphatic carbocycles. The summed E-state index contributed by atoms with van der Waals surface area (Å²) in [5.41, 5.74) is 1.68. The highest BCUT2D eigenvalue weighted by molar-refractivity contribution is 5.75. The molecule has 28 heavy (non-hydrogen) atoms. The van der Waals surface area contributed by atoms with Gasteiger partial charge in [-0.05, 0) is 41.1 Å². The molecule has 0 radical (unpaired) electrons. The van der Waals surface area contributed by atoms with Crippen molar-refractivity contribution < 1.29 is 19.0 Å². The Morgan fingerprint density at radius 3 is 2.43 bits per heavy atom. The quantitative estimate of drug-likeness (QED) is 0.632. The van der Waals surface area contributed by atoms with Crippen molar-refractivity contribution in [2.24, 2.45) is 0 Å². The minimum Gasteiger partial charge on any atom is -0.497 e. The summed E-state index contributed by atoms with van der Waals surface area (Å²) in [6.45, 7) is 0.372. The third kappa shape index (κ3) is 4.56. The number of nitrogens with zero attached hydrogens (tertiary/aromatic N) is 4. The summed E-state index contributed by atoms with van der Waals surface area (Å²) in [5.74, 6) is 2.12. The highest BCUT2D eigenvalue weighted by Gasteiger charge is 2.12. The fourth-order valence-electron chi connectivity index (χ4n) is 2.53. The van der Waals surface area contributed by atoms with Crippen LogP contribution in [0, 0.1) is 0 Å². The third-order valence-electron chi connectivity index (χ3n) is 4.03. The maximum absolute atomic E-state index is 12.1. The molecule has 0 aliphatic rings. The van der Waals surface area contributed by atoms with Crippen molar-refractivity contribution in [1.29, 1.82) is 0 Å². The number of carbonyl (C=O) groups excluding carboxylic acids is 1. The monoisotopic (exact) mass is 383 g/mol. The number of amides is 1. The van der Waals surface area contributed by atoms with E-state index in [1.165, 1.54) is 4.80 Å². The van der Waals surface area contributed by atoms with Crippen molar-refractivity contribution in [1.82, 2.24) is 25.5 Å². The molecule has 0 saturated heterocycles. The molecule has 3 aromatic rings. The zero-order valence-electron chi connectivity index (χ0n) is 15.9. The summed E-state index contributed by atoms with van der Waals surface area (Å²) >= 11 is 0. The standard InChI is InChI=1S/C19H21N5O4/c1-26-15-7-4-13(5-8-15)11-20-18(25)12-24-22-19(21-23-24)14-6-9-16(27-2)17(10-14)28-3/h4-10H,11-12H2,1-3H3,(H,20,25). The van der Waals surface area contributed by atoms with Crippen LogP contribution in [0.5, 0.6) is 17.2 Å². The van der Waals surface area contributed by atoms with Gasteiger partial charge in [-0.15, -0.1) is 10.2 Å². The molecule has 2 aromatic carbocycles. The van der Waals surface area contributed by atoms with E-state index in [2.05, 4.69) is 20.7 Å². The number of methoxy groups -OCH3 is 3. The number of rotatable bonds is 8. The van der Waals surface area contributed by atoms with Gasteiger partial charge < -0.3 is 19.5 Å². The number of ether oxygens (including phenoxy) is 3. The molecule has 0 atom stereocenters. The van der Waals surface area contributed by atoms with Crippen molar-refractivity contribution in [3.8, 4) is 28.6 Å². The van der Waals surface area contributed by atoms with Crippen LogP contribution in [-0.2, 0) is 17.9 Å². The van der Waals surface area contributed by atoms with Crippen LogP contribution < -0.4 is 19.5 Å². The summed E-state index contributed by atoms with van der Waals surface area (Å²) in [4.78, 5) is 13.4. The van der Waals surface area contributed by atoms with Gasteiger partial charge in [0.15, 0.2) is 11.5 Å². The molecular formula is C19H21N5O4. The Morgan fingerprint density at radius 2 is 1.75 bits per heavy atom. The Balaban J connectivity index is 1.60. The molecule has 146 valence electrons. The molecule has 9 heteroatoms. The highest BCUT2D eigenvalue weighted by atomic mass is 16.5. The minimum atomic E-state index is -0.216. The number of aromatic nitrogens is 4. The summed E-state index contributed by atoms with van der Waals surface area (Å²) in [6.07, 6.45) is 0. The van der Waals surface area contributed by atoms with Gasteiger partial charge >= 0.3 is 0 Å². The van der Waals surface area contributed by atoms with Gasteiger partial charge in [0.25, 0.3) is 0 Å². The molecule has 1 N–H and O–H groups in total. The maximum atomic E-state index is 12.1. The number of carbonyl (C=O) groups is 1. The first-order chi connectivity index (χ1) is 13.6. The lowest BCUT2D eigenvalue weighted by Gasteiger charge is -2.07. The first-order valence-corrected chi connectivity index (χ1v) is 8.52. The molecule has 3 rings (SSSR count). The van der Waals surface area contributed by atoms with Gasteiger partial charge in [-0.25, -0.2) is 0 Å². The summed E-state index contributed by atoms with van der Waals surface area (Å²) < 4.78 is 15.6. The molecule has 0 aliphatic heterocycles. The minimum absolute atomic E-state index is 0.0313. The average Bonchev–Trinajstić information content (AvgIpc) is 3.20. The zero-order chi connectivity index (χ0) is 19.9. The van der Waals surface area contributed by atoms with Gasteiger partial charge in [-0.3, -0.25) is 4.79 Å². The van der Waals surface area contributed by atoms with E-state index in [-0.39, 0.29) is 12.5 Å². The van der Waals surface area contributed by atoms with Crippen LogP contribution in [-0.4, -0.2) is 47.4 Å². The highest BCUT2D eigenvalue weighted by Crippen LogP contribution is 2.30. The maximum Gasteiger partial charge on any atom is 0.243 e. The zero-order valence-corrected chi connectivity index (χ0v) is 15.9. The first kappa shape index (κ1) is 19.2. The lowest BCUT2D eigenvalue weighted by molar-refractivity contribution is -0.122. The average molecular weight is 383 g/mol. The van der Waals surface area contributed by atoms with Crippen LogP contribution in [0.4, 0.5) is 0 Å². The van der Waals surface area contributed by atoms with Crippen molar-refractivity contribution in [2.75, 3.05) is 21.3 Å². The molecule has 9 nitrogen and oxygen atoms in total. The Morgan fingerprint density at radius 1 is 1.00 bits per heavy atom. The van der Waals surface area contributed by atoms with Crippen LogP contribution in [0.25, 0.3) is 11.4 Å². The molecule has 0 spiro atoms. The number of benzene rings is 2. The van der Waals surface area contributed by atoms with Gasteiger partial charge in [0, 0.05) is 12.1 Å². The van der Waals surface area contributed by atoms with Crippen molar-refractivity contribution >= 4 is 5.91 Å². The first-order valence-electron chi connectivity index (χ1n) is 8.52. The Hall–Kier alpha value is -3.62. The lowest BCUT2D eigenvalue weighted by Crippen LogP contribution is -2.28. The fourth-order valence-corrected chi connectivity index (χ4v) is 2.53. The van der Waals surface area contributed by atoms with E-state index in [1.54, 1.807) is 39.5 Å². The Labute approximate surface area is 162 Å². The predicted octanol–water partition coefficient (Wildman–Crippen LogP) is 1.68. The second kappa shape index (κ2) is 8.85. The van der Waals surface area contributed by atoms with Crippen LogP contribution in [0.1, 0.15) is 5.56 Å². The van der Waals surface area contributed by atoms with Gasteiger partial charge in [-0.1, -0.05) is 12.1 Å². The lowest BCUT2D eigenvalue weighted by atomic mass is 10.2. The number of hydrogen-bond donors (Lipinski definition) is 1. The predicted molar refractivity (Wildman–Crippen MR) is 101 cm³/mol. The topological polar surface area (TPSA) is 100 Å². The second-order valence-corrected chi connectivity index (χ2v) is 5.84. The summed E-state index contributed by atoms with van der Waals surface area (Å²) in [6, 6.07) is 12.8. The Bertz CT molecular complexity index is 940. The van der Waals surface area contributed by atoms with E-state index in [1.807, 2.05) is 24.3 Å². The molecule has 0 saturated carbocycles. The molecule has 1 heterocycles. The van der Waals surface area contributed by atoms with Gasteiger partial charge in [0.2, 0.25) is 11.7 Å². The van der Waals surface area contributed by atoms with E-state index in [9.17, 15) is 4.79 Å². The largest absolute Gasteiger partial charge is 0.497 e. The molecular weight excluding hydrogens is 362 g/mol. The summed E-state index contributed by atoms with van der Waals surface area (Å²) in [5, 5.41) is 15.0. The number of tetrazole rings is 1. The Kier molecular flexibility index (Phi) is 6.05. The molecule has 1 aromatic heterocycles. The van der Waals surface area contributed by atoms with E-state index in [0.29, 0.717) is 29.4 Å². The van der Waals surface area contributed by atoms with Gasteiger partial charge in [-0.2, -0.15) is 4.80 Å². The summed E-state index contributed by atoms with van der Waals surface area (Å²) in [7, 11) is 4.73. The molecule has 0 bridgehead atoms. The fraction of sp³-hybridized carbons (Fsp3) is 0.263. The number of nitrogens with one attached hydrogen (secondary N) is 1. The van der Waals surface area contributed by atoms with E-state index in [4.69, 9.17) is 14.2 Å². The smallest absolute Gasteiger partial charge is 0.243 e. The van der Waals surface area contributed by atoms with Crippen LogP contribution in [0.3, 0.4) is 0 Å². The molecule has 0 unspecified atom stereocenters. The normalized spacial score (nSPS) is 10.4. The van der Waals surface area contributed by atoms with Crippen LogP contribution in [0.15, 0.2) is 42.5 Å². The van der Waals surface area contributed by atoms with Crippen molar-refractivity contribution in [3.05, 3.63) is 48.0 Å². The third-order valence-corrected chi connectivity index (χ3v) is 4.03.